The standard InChI is InChI=1S/C14H20N2O3S2/c1-18-9-5-11(13(15)12(6-9)19-2)14(17)16-7-10-8-20-3-4-21-10/h5-6,10H,3-4,7-8,15H2,1-2H3,(H,16,17). The third-order valence-electron chi connectivity index (χ3n) is 3.19. The molecule has 1 aromatic rings. The molecule has 116 valence electrons. The van der Waals surface area contributed by atoms with Crippen LogP contribution in [0.15, 0.2) is 12.1 Å². The molecule has 0 aliphatic carbocycles. The molecule has 1 saturated heterocycles. The van der Waals surface area contributed by atoms with E-state index in [0.29, 0.717) is 34.5 Å². The van der Waals surface area contributed by atoms with Gasteiger partial charge in [-0.25, -0.2) is 0 Å². The van der Waals surface area contributed by atoms with E-state index in [4.69, 9.17) is 15.2 Å². The lowest BCUT2D eigenvalue weighted by atomic mass is 10.1. The molecule has 3 N–H and O–H groups in total. The molecule has 0 saturated carbocycles. The summed E-state index contributed by atoms with van der Waals surface area (Å²) < 4.78 is 10.4. The second kappa shape index (κ2) is 7.70. The second-order valence-electron chi connectivity index (χ2n) is 4.57. The molecule has 1 aliphatic heterocycles. The Kier molecular flexibility index (Phi) is 5.93. The van der Waals surface area contributed by atoms with Crippen LogP contribution in [0, 0.1) is 0 Å². The third kappa shape index (κ3) is 4.14. The monoisotopic (exact) mass is 328 g/mol. The number of methoxy groups -OCH3 is 2. The Balaban J connectivity index is 2.07. The highest BCUT2D eigenvalue weighted by molar-refractivity contribution is 8.06. The molecule has 1 amide bonds. The average molecular weight is 328 g/mol. The Morgan fingerprint density at radius 2 is 2.19 bits per heavy atom. The van der Waals surface area contributed by atoms with Gasteiger partial charge in [0, 0.05) is 35.1 Å². The Hall–Kier alpha value is -1.21. The minimum absolute atomic E-state index is 0.194. The number of hydrogen-bond acceptors (Lipinski definition) is 6. The topological polar surface area (TPSA) is 73.6 Å². The van der Waals surface area contributed by atoms with Crippen LogP contribution in [-0.4, -0.2) is 49.2 Å². The zero-order valence-corrected chi connectivity index (χ0v) is 13.8. The van der Waals surface area contributed by atoms with E-state index in [1.54, 1.807) is 19.2 Å². The fraction of sp³-hybridized carbons (Fsp3) is 0.500. The van der Waals surface area contributed by atoms with Gasteiger partial charge in [0.15, 0.2) is 0 Å². The molecule has 0 bridgehead atoms. The zero-order chi connectivity index (χ0) is 15.2. The Bertz CT molecular complexity index is 505. The summed E-state index contributed by atoms with van der Waals surface area (Å²) in [5.41, 5.74) is 6.70. The molecule has 7 heteroatoms. The Morgan fingerprint density at radius 1 is 1.38 bits per heavy atom. The van der Waals surface area contributed by atoms with Crippen LogP contribution in [0.2, 0.25) is 0 Å². The number of nitrogens with one attached hydrogen (secondary N) is 1. The first-order chi connectivity index (χ1) is 10.2. The summed E-state index contributed by atoms with van der Waals surface area (Å²) in [5, 5.41) is 3.41. The number of anilines is 1. The van der Waals surface area contributed by atoms with Gasteiger partial charge in [0.1, 0.15) is 11.5 Å². The smallest absolute Gasteiger partial charge is 0.253 e. The molecule has 1 aliphatic rings. The normalized spacial score (nSPS) is 18.1. The number of benzene rings is 1. The summed E-state index contributed by atoms with van der Waals surface area (Å²) in [7, 11) is 3.06. The third-order valence-corrected chi connectivity index (χ3v) is 6.04. The van der Waals surface area contributed by atoms with Gasteiger partial charge in [-0.3, -0.25) is 4.79 Å². The minimum Gasteiger partial charge on any atom is -0.497 e. The number of carbonyl (C=O) groups excluding carboxylic acids is 1. The number of hydrogen-bond donors (Lipinski definition) is 2. The summed E-state index contributed by atoms with van der Waals surface area (Å²) in [5.74, 6) is 4.20. The molecule has 1 atom stereocenters. The average Bonchev–Trinajstić information content (AvgIpc) is 2.53. The van der Waals surface area contributed by atoms with E-state index in [2.05, 4.69) is 5.32 Å². The van der Waals surface area contributed by atoms with Crippen molar-refractivity contribution in [2.75, 3.05) is 43.8 Å². The van der Waals surface area contributed by atoms with Gasteiger partial charge in [-0.15, -0.1) is 0 Å². The van der Waals surface area contributed by atoms with Crippen molar-refractivity contribution in [1.82, 2.24) is 5.32 Å². The molecule has 1 unspecified atom stereocenters. The van der Waals surface area contributed by atoms with Crippen molar-refractivity contribution in [3.8, 4) is 11.5 Å². The van der Waals surface area contributed by atoms with E-state index >= 15 is 0 Å². The van der Waals surface area contributed by atoms with Crippen molar-refractivity contribution in [1.29, 1.82) is 0 Å². The second-order valence-corrected chi connectivity index (χ2v) is 7.13. The highest BCUT2D eigenvalue weighted by Gasteiger charge is 2.19. The highest BCUT2D eigenvalue weighted by Crippen LogP contribution is 2.31. The first-order valence-electron chi connectivity index (χ1n) is 6.64. The number of carbonyl (C=O) groups is 1. The van der Waals surface area contributed by atoms with Crippen LogP contribution >= 0.6 is 23.5 Å². The maximum atomic E-state index is 12.3. The number of thioether (sulfide) groups is 2. The van der Waals surface area contributed by atoms with E-state index in [1.165, 1.54) is 12.9 Å². The summed E-state index contributed by atoms with van der Waals surface area (Å²) >= 11 is 3.83. The number of nitrogen functional groups attached to an aromatic ring is 1. The maximum absolute atomic E-state index is 12.3. The van der Waals surface area contributed by atoms with Gasteiger partial charge < -0.3 is 20.5 Å². The molecule has 0 spiro atoms. The van der Waals surface area contributed by atoms with Crippen molar-refractivity contribution in [2.45, 2.75) is 5.25 Å². The van der Waals surface area contributed by atoms with Crippen LogP contribution in [0.3, 0.4) is 0 Å². The molecule has 5 nitrogen and oxygen atoms in total. The van der Waals surface area contributed by atoms with Crippen LogP contribution in [0.5, 0.6) is 11.5 Å². The quantitative estimate of drug-likeness (QED) is 0.804. The van der Waals surface area contributed by atoms with Crippen LogP contribution in [0.4, 0.5) is 5.69 Å². The number of ether oxygens (including phenoxy) is 2. The predicted octanol–water partition coefficient (Wildman–Crippen LogP) is 1.86. The molecule has 0 aromatic heterocycles. The van der Waals surface area contributed by atoms with E-state index in [-0.39, 0.29) is 5.91 Å². The molecule has 1 aromatic carbocycles. The number of nitrogens with two attached hydrogens (primary N) is 1. The SMILES string of the molecule is COc1cc(OC)c(N)c(C(=O)NCC2CSCCS2)c1. The molecule has 1 heterocycles. The molecular weight excluding hydrogens is 308 g/mol. The van der Waals surface area contributed by atoms with Crippen molar-refractivity contribution >= 4 is 35.1 Å². The fourth-order valence-electron chi connectivity index (χ4n) is 2.03. The fourth-order valence-corrected chi connectivity index (χ4v) is 4.64. The summed E-state index contributed by atoms with van der Waals surface area (Å²) in [4.78, 5) is 12.3. The van der Waals surface area contributed by atoms with Crippen LogP contribution in [0.25, 0.3) is 0 Å². The molecular formula is C14H20N2O3S2. The number of amides is 1. The number of rotatable bonds is 5. The van der Waals surface area contributed by atoms with E-state index in [9.17, 15) is 4.79 Å². The van der Waals surface area contributed by atoms with Crippen molar-refractivity contribution < 1.29 is 14.3 Å². The van der Waals surface area contributed by atoms with Crippen LogP contribution < -0.4 is 20.5 Å². The zero-order valence-electron chi connectivity index (χ0n) is 12.2. The lowest BCUT2D eigenvalue weighted by Crippen LogP contribution is -2.33. The van der Waals surface area contributed by atoms with Gasteiger partial charge in [0.2, 0.25) is 0 Å². The van der Waals surface area contributed by atoms with Gasteiger partial charge in [0.05, 0.1) is 25.5 Å². The highest BCUT2D eigenvalue weighted by atomic mass is 32.2. The van der Waals surface area contributed by atoms with Crippen molar-refractivity contribution in [2.24, 2.45) is 0 Å². The van der Waals surface area contributed by atoms with Gasteiger partial charge in [-0.05, 0) is 6.07 Å². The minimum atomic E-state index is -0.194. The molecule has 1 fully saturated rings. The molecule has 0 radical (unpaired) electrons. The molecule has 2 rings (SSSR count). The first kappa shape index (κ1) is 16.2. The summed E-state index contributed by atoms with van der Waals surface area (Å²) in [6.45, 7) is 0.648. The summed E-state index contributed by atoms with van der Waals surface area (Å²) in [6.07, 6.45) is 0. The first-order valence-corrected chi connectivity index (χ1v) is 8.85. The largest absolute Gasteiger partial charge is 0.497 e. The lowest BCUT2D eigenvalue weighted by molar-refractivity contribution is 0.0954. The van der Waals surface area contributed by atoms with Gasteiger partial charge >= 0.3 is 0 Å². The van der Waals surface area contributed by atoms with E-state index in [0.717, 1.165) is 11.5 Å². The van der Waals surface area contributed by atoms with Gasteiger partial charge in [-0.2, -0.15) is 23.5 Å². The lowest BCUT2D eigenvalue weighted by Gasteiger charge is -2.21. The summed E-state index contributed by atoms with van der Waals surface area (Å²) in [6, 6.07) is 3.30. The Labute approximate surface area is 133 Å². The van der Waals surface area contributed by atoms with E-state index in [1.807, 2.05) is 23.5 Å². The maximum Gasteiger partial charge on any atom is 0.253 e. The predicted molar refractivity (Wildman–Crippen MR) is 89.9 cm³/mol. The van der Waals surface area contributed by atoms with Crippen molar-refractivity contribution in [3.63, 3.8) is 0 Å². The van der Waals surface area contributed by atoms with E-state index < -0.39 is 0 Å². The van der Waals surface area contributed by atoms with Crippen molar-refractivity contribution in [3.05, 3.63) is 17.7 Å². The Morgan fingerprint density at radius 3 is 2.81 bits per heavy atom. The molecule has 21 heavy (non-hydrogen) atoms. The van der Waals surface area contributed by atoms with Gasteiger partial charge in [0.25, 0.3) is 5.91 Å². The van der Waals surface area contributed by atoms with Crippen LogP contribution in [-0.2, 0) is 0 Å². The van der Waals surface area contributed by atoms with Gasteiger partial charge in [-0.1, -0.05) is 0 Å². The van der Waals surface area contributed by atoms with Crippen LogP contribution in [0.1, 0.15) is 10.4 Å².